The standard InChI is InChI=1S/C12H11FN2O/c1-16-9-4-5-15-12(7-9)8-2-3-10(13)11(14)6-8/h2-7H,14H2,1H3. The maximum absolute atomic E-state index is 13.0. The molecule has 2 rings (SSSR count). The maximum atomic E-state index is 13.0. The van der Waals surface area contributed by atoms with Crippen LogP contribution in [0, 0.1) is 5.82 Å². The van der Waals surface area contributed by atoms with E-state index in [0.717, 1.165) is 5.56 Å². The van der Waals surface area contributed by atoms with E-state index in [1.165, 1.54) is 6.07 Å². The molecule has 1 aromatic carbocycles. The zero-order valence-electron chi connectivity index (χ0n) is 8.77. The Bertz CT molecular complexity index is 514. The smallest absolute Gasteiger partial charge is 0.146 e. The first-order valence-corrected chi connectivity index (χ1v) is 4.76. The summed E-state index contributed by atoms with van der Waals surface area (Å²) in [6, 6.07) is 8.03. The van der Waals surface area contributed by atoms with Gasteiger partial charge in [0.25, 0.3) is 0 Å². The van der Waals surface area contributed by atoms with Crippen molar-refractivity contribution >= 4 is 5.69 Å². The third kappa shape index (κ3) is 1.95. The molecule has 0 radical (unpaired) electrons. The second-order valence-electron chi connectivity index (χ2n) is 3.32. The van der Waals surface area contributed by atoms with Gasteiger partial charge in [0.2, 0.25) is 0 Å². The molecule has 2 N–H and O–H groups in total. The zero-order chi connectivity index (χ0) is 11.5. The molecule has 0 fully saturated rings. The number of nitrogen functional groups attached to an aromatic ring is 1. The molecule has 1 aromatic heterocycles. The van der Waals surface area contributed by atoms with Crippen molar-refractivity contribution in [3.8, 4) is 17.0 Å². The number of ether oxygens (including phenoxy) is 1. The lowest BCUT2D eigenvalue weighted by Gasteiger charge is -2.05. The summed E-state index contributed by atoms with van der Waals surface area (Å²) in [5.41, 5.74) is 7.07. The number of rotatable bonds is 2. The van der Waals surface area contributed by atoms with Crippen molar-refractivity contribution in [1.29, 1.82) is 0 Å². The predicted octanol–water partition coefficient (Wildman–Crippen LogP) is 2.48. The molecule has 0 saturated carbocycles. The minimum atomic E-state index is -0.424. The molecule has 0 bridgehead atoms. The molecule has 0 aliphatic rings. The van der Waals surface area contributed by atoms with Crippen LogP contribution in [0.4, 0.5) is 10.1 Å². The number of aromatic nitrogens is 1. The number of hydrogen-bond donors (Lipinski definition) is 1. The normalized spacial score (nSPS) is 10.1. The van der Waals surface area contributed by atoms with Gasteiger partial charge in [-0.25, -0.2) is 4.39 Å². The van der Waals surface area contributed by atoms with Crippen molar-refractivity contribution in [2.45, 2.75) is 0 Å². The Morgan fingerprint density at radius 2 is 2.06 bits per heavy atom. The first-order chi connectivity index (χ1) is 7.70. The molecule has 2 aromatic rings. The van der Waals surface area contributed by atoms with E-state index in [2.05, 4.69) is 4.98 Å². The second-order valence-corrected chi connectivity index (χ2v) is 3.32. The highest BCUT2D eigenvalue weighted by Gasteiger charge is 2.04. The van der Waals surface area contributed by atoms with E-state index in [1.54, 1.807) is 37.6 Å². The molecule has 16 heavy (non-hydrogen) atoms. The van der Waals surface area contributed by atoms with Crippen molar-refractivity contribution in [3.63, 3.8) is 0 Å². The number of pyridine rings is 1. The van der Waals surface area contributed by atoms with Crippen molar-refractivity contribution in [2.75, 3.05) is 12.8 Å². The number of benzene rings is 1. The highest BCUT2D eigenvalue weighted by atomic mass is 19.1. The minimum absolute atomic E-state index is 0.113. The van der Waals surface area contributed by atoms with Crippen LogP contribution in [0.25, 0.3) is 11.3 Å². The number of halogens is 1. The summed E-state index contributed by atoms with van der Waals surface area (Å²) in [7, 11) is 1.58. The Morgan fingerprint density at radius 1 is 1.25 bits per heavy atom. The van der Waals surface area contributed by atoms with Crippen LogP contribution in [-0.4, -0.2) is 12.1 Å². The van der Waals surface area contributed by atoms with Gasteiger partial charge in [-0.1, -0.05) is 0 Å². The van der Waals surface area contributed by atoms with Gasteiger partial charge in [-0.15, -0.1) is 0 Å². The Balaban J connectivity index is 2.46. The van der Waals surface area contributed by atoms with E-state index in [1.807, 2.05) is 0 Å². The molecule has 0 atom stereocenters. The average Bonchev–Trinajstić information content (AvgIpc) is 2.33. The minimum Gasteiger partial charge on any atom is -0.497 e. The highest BCUT2D eigenvalue weighted by molar-refractivity contribution is 5.65. The van der Waals surface area contributed by atoms with E-state index in [4.69, 9.17) is 10.5 Å². The molecular weight excluding hydrogens is 207 g/mol. The number of hydrogen-bond acceptors (Lipinski definition) is 3. The van der Waals surface area contributed by atoms with Crippen LogP contribution in [-0.2, 0) is 0 Å². The quantitative estimate of drug-likeness (QED) is 0.788. The van der Waals surface area contributed by atoms with Crippen LogP contribution in [0.2, 0.25) is 0 Å². The topological polar surface area (TPSA) is 48.1 Å². The van der Waals surface area contributed by atoms with Gasteiger partial charge in [0.05, 0.1) is 18.5 Å². The number of nitrogens with zero attached hydrogens (tertiary/aromatic N) is 1. The summed E-state index contributed by atoms with van der Waals surface area (Å²) in [5, 5.41) is 0. The largest absolute Gasteiger partial charge is 0.497 e. The Hall–Kier alpha value is -2.10. The van der Waals surface area contributed by atoms with Gasteiger partial charge in [0.1, 0.15) is 11.6 Å². The lowest BCUT2D eigenvalue weighted by atomic mass is 10.1. The molecule has 0 aliphatic heterocycles. The van der Waals surface area contributed by atoms with E-state index < -0.39 is 5.82 Å². The van der Waals surface area contributed by atoms with Gasteiger partial charge in [-0.05, 0) is 24.3 Å². The molecule has 0 amide bonds. The first-order valence-electron chi connectivity index (χ1n) is 4.76. The molecule has 1 heterocycles. The Labute approximate surface area is 92.7 Å². The lowest BCUT2D eigenvalue weighted by Crippen LogP contribution is -1.92. The average molecular weight is 218 g/mol. The molecule has 0 spiro atoms. The maximum Gasteiger partial charge on any atom is 0.146 e. The van der Waals surface area contributed by atoms with Crippen molar-refractivity contribution < 1.29 is 9.13 Å². The zero-order valence-corrected chi connectivity index (χ0v) is 8.77. The lowest BCUT2D eigenvalue weighted by molar-refractivity contribution is 0.414. The summed E-state index contributed by atoms with van der Waals surface area (Å²) in [5.74, 6) is 0.277. The van der Waals surface area contributed by atoms with Gasteiger partial charge in [-0.2, -0.15) is 0 Å². The van der Waals surface area contributed by atoms with Gasteiger partial charge in [0, 0.05) is 17.8 Å². The monoisotopic (exact) mass is 218 g/mol. The van der Waals surface area contributed by atoms with Gasteiger partial charge in [0.15, 0.2) is 0 Å². The second kappa shape index (κ2) is 4.18. The predicted molar refractivity (Wildman–Crippen MR) is 60.6 cm³/mol. The number of nitrogens with two attached hydrogens (primary N) is 1. The summed E-state index contributed by atoms with van der Waals surface area (Å²) in [6.07, 6.45) is 1.63. The first kappa shape index (κ1) is 10.4. The van der Waals surface area contributed by atoms with E-state index in [-0.39, 0.29) is 5.69 Å². The van der Waals surface area contributed by atoms with Crippen LogP contribution in [0.3, 0.4) is 0 Å². The number of methoxy groups -OCH3 is 1. The molecule has 4 heteroatoms. The van der Waals surface area contributed by atoms with Crippen LogP contribution in [0.1, 0.15) is 0 Å². The SMILES string of the molecule is COc1ccnc(-c2ccc(F)c(N)c2)c1. The molecule has 0 saturated heterocycles. The summed E-state index contributed by atoms with van der Waals surface area (Å²) in [6.45, 7) is 0. The molecular formula is C12H11FN2O. The molecule has 3 nitrogen and oxygen atoms in total. The third-order valence-corrected chi connectivity index (χ3v) is 2.26. The van der Waals surface area contributed by atoms with E-state index in [9.17, 15) is 4.39 Å². The molecule has 82 valence electrons. The summed E-state index contributed by atoms with van der Waals surface area (Å²) in [4.78, 5) is 4.17. The van der Waals surface area contributed by atoms with E-state index >= 15 is 0 Å². The highest BCUT2D eigenvalue weighted by Crippen LogP contribution is 2.24. The van der Waals surface area contributed by atoms with Gasteiger partial charge in [-0.3, -0.25) is 4.98 Å². The fourth-order valence-corrected chi connectivity index (χ4v) is 1.40. The van der Waals surface area contributed by atoms with Crippen molar-refractivity contribution in [3.05, 3.63) is 42.3 Å². The fourth-order valence-electron chi connectivity index (χ4n) is 1.40. The Kier molecular flexibility index (Phi) is 2.72. The van der Waals surface area contributed by atoms with Crippen LogP contribution in [0.5, 0.6) is 5.75 Å². The van der Waals surface area contributed by atoms with Gasteiger partial charge >= 0.3 is 0 Å². The summed E-state index contributed by atoms with van der Waals surface area (Å²) >= 11 is 0. The van der Waals surface area contributed by atoms with Crippen LogP contribution < -0.4 is 10.5 Å². The molecule has 0 aliphatic carbocycles. The fraction of sp³-hybridized carbons (Fsp3) is 0.0833. The van der Waals surface area contributed by atoms with Crippen LogP contribution in [0.15, 0.2) is 36.5 Å². The molecule has 0 unspecified atom stereocenters. The van der Waals surface area contributed by atoms with Crippen molar-refractivity contribution in [2.24, 2.45) is 0 Å². The number of anilines is 1. The summed E-state index contributed by atoms with van der Waals surface area (Å²) < 4.78 is 18.1. The van der Waals surface area contributed by atoms with E-state index in [0.29, 0.717) is 11.4 Å². The Morgan fingerprint density at radius 3 is 2.75 bits per heavy atom. The van der Waals surface area contributed by atoms with Crippen LogP contribution >= 0.6 is 0 Å². The van der Waals surface area contributed by atoms with Crippen molar-refractivity contribution in [1.82, 2.24) is 4.98 Å². The third-order valence-electron chi connectivity index (χ3n) is 2.26. The van der Waals surface area contributed by atoms with Gasteiger partial charge < -0.3 is 10.5 Å².